The minimum atomic E-state index is -0.608. The summed E-state index contributed by atoms with van der Waals surface area (Å²) in [7, 11) is 0. The number of carbonyl (C=O) groups is 1. The van der Waals surface area contributed by atoms with E-state index in [0.717, 1.165) is 22.5 Å². The summed E-state index contributed by atoms with van der Waals surface area (Å²) in [6.45, 7) is 1.25. The highest BCUT2D eigenvalue weighted by Crippen LogP contribution is 2.21. The van der Waals surface area contributed by atoms with Crippen molar-refractivity contribution in [2.45, 2.75) is 13.1 Å². The van der Waals surface area contributed by atoms with Crippen molar-refractivity contribution in [2.75, 3.05) is 10.6 Å². The van der Waals surface area contributed by atoms with Crippen LogP contribution in [-0.2, 0) is 13.1 Å². The van der Waals surface area contributed by atoms with Gasteiger partial charge in [-0.05, 0) is 40.0 Å². The Bertz CT molecular complexity index is 889. The fraction of sp³-hybridized carbons (Fsp3) is 0.0952. The van der Waals surface area contributed by atoms with Crippen molar-refractivity contribution < 1.29 is 4.79 Å². The topological polar surface area (TPSA) is 89.9 Å². The molecule has 0 bridgehead atoms. The number of nitrogens with zero attached hydrogens (tertiary/aromatic N) is 3. The first-order chi connectivity index (χ1) is 13.2. The zero-order valence-corrected chi connectivity index (χ0v) is 14.7. The molecule has 0 radical (unpaired) electrons. The zero-order chi connectivity index (χ0) is 18.9. The number of benzene rings is 3. The molecule has 0 fully saturated rings. The highest BCUT2D eigenvalue weighted by atomic mass is 16.1. The Labute approximate surface area is 157 Å². The summed E-state index contributed by atoms with van der Waals surface area (Å²) in [6.07, 6.45) is 0. The number of carbonyl (C=O) groups excluding carboxylic acids is 1. The van der Waals surface area contributed by atoms with Crippen molar-refractivity contribution in [2.24, 2.45) is 5.11 Å². The molecule has 3 aromatic carbocycles. The van der Waals surface area contributed by atoms with Gasteiger partial charge < -0.3 is 10.6 Å². The van der Waals surface area contributed by atoms with Gasteiger partial charge in [-0.2, -0.15) is 0 Å². The largest absolute Gasteiger partial charge is 0.381 e. The number of rotatable bonds is 7. The SMILES string of the molecule is [N-]=[N+]=NC(=O)c1cc(NCc2ccccc2)cc(NCc2ccccc2)c1. The molecule has 0 aromatic heterocycles. The number of hydrogen-bond acceptors (Lipinski definition) is 3. The number of hydrogen-bond donors (Lipinski definition) is 2. The maximum absolute atomic E-state index is 12.0. The third-order valence-electron chi connectivity index (χ3n) is 3.99. The second-order valence-electron chi connectivity index (χ2n) is 5.97. The second kappa shape index (κ2) is 9.08. The van der Waals surface area contributed by atoms with E-state index in [1.807, 2.05) is 66.7 Å². The lowest BCUT2D eigenvalue weighted by atomic mass is 10.1. The van der Waals surface area contributed by atoms with E-state index in [9.17, 15) is 4.79 Å². The molecule has 0 saturated heterocycles. The molecule has 27 heavy (non-hydrogen) atoms. The summed E-state index contributed by atoms with van der Waals surface area (Å²) >= 11 is 0. The molecule has 3 rings (SSSR count). The summed E-state index contributed by atoms with van der Waals surface area (Å²) in [5.41, 5.74) is 12.7. The Balaban J connectivity index is 1.79. The van der Waals surface area contributed by atoms with Gasteiger partial charge >= 0.3 is 0 Å². The maximum atomic E-state index is 12.0. The summed E-state index contributed by atoms with van der Waals surface area (Å²) < 4.78 is 0. The van der Waals surface area contributed by atoms with E-state index in [-0.39, 0.29) is 0 Å². The third kappa shape index (κ3) is 5.36. The van der Waals surface area contributed by atoms with Gasteiger partial charge in [0.1, 0.15) is 0 Å². The molecule has 0 heterocycles. The van der Waals surface area contributed by atoms with Crippen LogP contribution < -0.4 is 10.6 Å². The van der Waals surface area contributed by atoms with Crippen LogP contribution in [0.4, 0.5) is 11.4 Å². The molecule has 2 N–H and O–H groups in total. The number of nitrogens with one attached hydrogen (secondary N) is 2. The monoisotopic (exact) mass is 357 g/mol. The van der Waals surface area contributed by atoms with E-state index in [2.05, 4.69) is 20.7 Å². The first kappa shape index (κ1) is 18.0. The molecule has 0 aliphatic carbocycles. The van der Waals surface area contributed by atoms with E-state index < -0.39 is 5.91 Å². The number of anilines is 2. The molecular weight excluding hydrogens is 338 g/mol. The van der Waals surface area contributed by atoms with Crippen molar-refractivity contribution in [1.29, 1.82) is 0 Å². The Morgan fingerprint density at radius 2 is 1.30 bits per heavy atom. The molecule has 0 atom stereocenters. The first-order valence-corrected chi connectivity index (χ1v) is 8.55. The smallest absolute Gasteiger partial charge is 0.249 e. The molecular formula is C21H19N5O. The average molecular weight is 357 g/mol. The minimum Gasteiger partial charge on any atom is -0.381 e. The van der Waals surface area contributed by atoms with E-state index in [0.29, 0.717) is 18.7 Å². The Morgan fingerprint density at radius 3 is 1.74 bits per heavy atom. The number of amides is 1. The summed E-state index contributed by atoms with van der Waals surface area (Å²) in [6, 6.07) is 25.2. The predicted octanol–water partition coefficient (Wildman–Crippen LogP) is 5.36. The van der Waals surface area contributed by atoms with Crippen LogP contribution in [-0.4, -0.2) is 5.91 Å². The van der Waals surface area contributed by atoms with E-state index in [1.165, 1.54) is 0 Å². The van der Waals surface area contributed by atoms with Crippen molar-refractivity contribution in [3.05, 3.63) is 106 Å². The van der Waals surface area contributed by atoms with Gasteiger partial charge in [-0.15, -0.1) is 0 Å². The molecule has 6 heteroatoms. The molecule has 3 aromatic rings. The highest BCUT2D eigenvalue weighted by molar-refractivity contribution is 5.97. The van der Waals surface area contributed by atoms with Gasteiger partial charge in [-0.1, -0.05) is 60.7 Å². The van der Waals surface area contributed by atoms with Crippen molar-refractivity contribution in [3.8, 4) is 0 Å². The molecule has 0 aliphatic heterocycles. The predicted molar refractivity (Wildman–Crippen MR) is 107 cm³/mol. The van der Waals surface area contributed by atoms with Crippen LogP contribution in [0.5, 0.6) is 0 Å². The summed E-state index contributed by atoms with van der Waals surface area (Å²) in [4.78, 5) is 14.6. The highest BCUT2D eigenvalue weighted by Gasteiger charge is 2.08. The lowest BCUT2D eigenvalue weighted by Crippen LogP contribution is -2.05. The quantitative estimate of drug-likeness (QED) is 0.339. The lowest BCUT2D eigenvalue weighted by Gasteiger charge is -2.12. The second-order valence-corrected chi connectivity index (χ2v) is 5.97. The van der Waals surface area contributed by atoms with Crippen molar-refractivity contribution >= 4 is 17.3 Å². The summed E-state index contributed by atoms with van der Waals surface area (Å²) in [5, 5.41) is 9.82. The standard InChI is InChI=1S/C21H19N5O/c22-26-25-21(27)18-11-19(23-14-16-7-3-1-4-8-16)13-20(12-18)24-15-17-9-5-2-6-10-17/h1-13,23-24H,14-15H2. The van der Waals surface area contributed by atoms with E-state index in [4.69, 9.17) is 5.53 Å². The minimum absolute atomic E-state index is 0.335. The Kier molecular flexibility index (Phi) is 6.07. The zero-order valence-electron chi connectivity index (χ0n) is 14.7. The van der Waals surface area contributed by atoms with Gasteiger partial charge in [-0.3, -0.25) is 4.79 Å². The fourth-order valence-corrected chi connectivity index (χ4v) is 2.65. The van der Waals surface area contributed by atoms with Gasteiger partial charge in [-0.25, -0.2) is 0 Å². The fourth-order valence-electron chi connectivity index (χ4n) is 2.65. The van der Waals surface area contributed by atoms with Crippen LogP contribution in [0, 0.1) is 0 Å². The van der Waals surface area contributed by atoms with Crippen LogP contribution in [0.3, 0.4) is 0 Å². The van der Waals surface area contributed by atoms with Crippen molar-refractivity contribution in [1.82, 2.24) is 0 Å². The molecule has 134 valence electrons. The van der Waals surface area contributed by atoms with Gasteiger partial charge in [0, 0.05) is 34.9 Å². The Morgan fingerprint density at radius 1 is 0.815 bits per heavy atom. The number of azide groups is 1. The van der Waals surface area contributed by atoms with Gasteiger partial charge in [0.15, 0.2) is 0 Å². The molecule has 0 spiro atoms. The van der Waals surface area contributed by atoms with Gasteiger partial charge in [0.2, 0.25) is 5.91 Å². The lowest BCUT2D eigenvalue weighted by molar-refractivity contribution is 0.100. The molecule has 0 saturated carbocycles. The molecule has 0 unspecified atom stereocenters. The maximum Gasteiger partial charge on any atom is 0.249 e. The van der Waals surface area contributed by atoms with Crippen LogP contribution in [0.1, 0.15) is 21.5 Å². The van der Waals surface area contributed by atoms with E-state index >= 15 is 0 Å². The van der Waals surface area contributed by atoms with Crippen LogP contribution >= 0.6 is 0 Å². The van der Waals surface area contributed by atoms with Gasteiger partial charge in [0.05, 0.1) is 0 Å². The van der Waals surface area contributed by atoms with Gasteiger partial charge in [0.25, 0.3) is 0 Å². The third-order valence-corrected chi connectivity index (χ3v) is 3.99. The van der Waals surface area contributed by atoms with E-state index in [1.54, 1.807) is 12.1 Å². The first-order valence-electron chi connectivity index (χ1n) is 8.55. The average Bonchev–Trinajstić information content (AvgIpc) is 2.72. The van der Waals surface area contributed by atoms with Crippen LogP contribution in [0.15, 0.2) is 84.0 Å². The summed E-state index contributed by atoms with van der Waals surface area (Å²) in [5.74, 6) is -0.608. The normalized spacial score (nSPS) is 9.93. The van der Waals surface area contributed by atoms with Crippen LogP contribution in [0.2, 0.25) is 0 Å². The van der Waals surface area contributed by atoms with Crippen LogP contribution in [0.25, 0.3) is 10.4 Å². The Hall–Kier alpha value is -3.76. The van der Waals surface area contributed by atoms with Crippen molar-refractivity contribution in [3.63, 3.8) is 0 Å². The molecule has 0 aliphatic rings. The molecule has 6 nitrogen and oxygen atoms in total. The molecule has 1 amide bonds.